The molecule has 0 spiro atoms. The summed E-state index contributed by atoms with van der Waals surface area (Å²) in [5.74, 6) is 0.751. The van der Waals surface area contributed by atoms with Gasteiger partial charge in [0.1, 0.15) is 5.82 Å². The zero-order chi connectivity index (χ0) is 18.1. The third-order valence-corrected chi connectivity index (χ3v) is 4.51. The molecule has 25 heavy (non-hydrogen) atoms. The second-order valence-electron chi connectivity index (χ2n) is 5.85. The highest BCUT2D eigenvalue weighted by Crippen LogP contribution is 2.12. The number of nitrogens with zero attached hydrogens (tertiary/aromatic N) is 4. The Morgan fingerprint density at radius 3 is 2.44 bits per heavy atom. The first-order valence-electron chi connectivity index (χ1n) is 8.11. The molecule has 1 aromatic carbocycles. The maximum Gasteiger partial charge on any atom is 0.333 e. The van der Waals surface area contributed by atoms with Crippen molar-refractivity contribution in [1.29, 1.82) is 0 Å². The Morgan fingerprint density at radius 1 is 1.16 bits per heavy atom. The van der Waals surface area contributed by atoms with Crippen molar-refractivity contribution in [1.82, 2.24) is 18.7 Å². The summed E-state index contributed by atoms with van der Waals surface area (Å²) in [5.41, 5.74) is 6.54. The maximum absolute atomic E-state index is 13.0. The van der Waals surface area contributed by atoms with Crippen molar-refractivity contribution in [2.24, 2.45) is 12.8 Å². The smallest absolute Gasteiger partial charge is 0.329 e. The van der Waals surface area contributed by atoms with Gasteiger partial charge in [-0.1, -0.05) is 30.7 Å². The molecule has 0 fully saturated rings. The lowest BCUT2D eigenvalue weighted by atomic mass is 10.2. The third kappa shape index (κ3) is 3.01. The molecule has 3 aromatic rings. The summed E-state index contributed by atoms with van der Waals surface area (Å²) in [7, 11) is 1.79. The molecule has 0 amide bonds. The van der Waals surface area contributed by atoms with Gasteiger partial charge in [-0.25, -0.2) is 9.78 Å². The van der Waals surface area contributed by atoms with Gasteiger partial charge in [0.15, 0.2) is 11.2 Å². The van der Waals surface area contributed by atoms with Crippen LogP contribution in [-0.4, -0.2) is 25.2 Å². The van der Waals surface area contributed by atoms with Crippen molar-refractivity contribution in [3.63, 3.8) is 0 Å². The molecule has 7 nitrogen and oxygen atoms in total. The van der Waals surface area contributed by atoms with Crippen LogP contribution in [0.1, 0.15) is 18.3 Å². The first-order chi connectivity index (χ1) is 12.0. The van der Waals surface area contributed by atoms with Gasteiger partial charge in [0.05, 0.1) is 6.54 Å². The van der Waals surface area contributed by atoms with Crippen molar-refractivity contribution in [2.45, 2.75) is 26.4 Å². The van der Waals surface area contributed by atoms with E-state index in [4.69, 9.17) is 17.3 Å². The van der Waals surface area contributed by atoms with E-state index in [-0.39, 0.29) is 18.6 Å². The quantitative estimate of drug-likeness (QED) is 0.737. The molecule has 0 bridgehead atoms. The Kier molecular flexibility index (Phi) is 4.78. The van der Waals surface area contributed by atoms with Crippen molar-refractivity contribution < 1.29 is 0 Å². The van der Waals surface area contributed by atoms with Crippen LogP contribution in [0.4, 0.5) is 0 Å². The molecule has 8 heteroatoms. The SMILES string of the molecule is CCc1nc2c(c(=O)n(Cc3ccc(Cl)cc3)c(=O)n2CCN)n1C. The molecule has 0 aliphatic heterocycles. The summed E-state index contributed by atoms with van der Waals surface area (Å²) in [6.45, 7) is 2.71. The van der Waals surface area contributed by atoms with Gasteiger partial charge in [-0.3, -0.25) is 13.9 Å². The van der Waals surface area contributed by atoms with Gasteiger partial charge >= 0.3 is 5.69 Å². The van der Waals surface area contributed by atoms with E-state index < -0.39 is 5.69 Å². The Bertz CT molecular complexity index is 1030. The lowest BCUT2D eigenvalue weighted by Crippen LogP contribution is -2.41. The number of benzene rings is 1. The first kappa shape index (κ1) is 17.4. The minimum absolute atomic E-state index is 0.169. The summed E-state index contributed by atoms with van der Waals surface area (Å²) >= 11 is 5.90. The fraction of sp³-hybridized carbons (Fsp3) is 0.353. The van der Waals surface area contributed by atoms with Crippen molar-refractivity contribution in [3.8, 4) is 0 Å². The molecule has 2 aromatic heterocycles. The number of halogens is 1. The summed E-state index contributed by atoms with van der Waals surface area (Å²) in [6, 6.07) is 7.06. The number of imidazole rings is 1. The van der Waals surface area contributed by atoms with Crippen LogP contribution in [0.2, 0.25) is 5.02 Å². The standard InChI is InChI=1S/C17H20ClN5O2/c1-3-13-20-15-14(21(13)2)16(24)23(17(25)22(15)9-8-19)10-11-4-6-12(18)7-5-11/h4-7H,3,8-10,19H2,1-2H3. The molecule has 0 saturated carbocycles. The van der Waals surface area contributed by atoms with E-state index in [0.29, 0.717) is 29.2 Å². The van der Waals surface area contributed by atoms with E-state index in [2.05, 4.69) is 4.98 Å². The highest BCUT2D eigenvalue weighted by molar-refractivity contribution is 6.30. The van der Waals surface area contributed by atoms with Crippen LogP contribution in [0.25, 0.3) is 11.2 Å². The van der Waals surface area contributed by atoms with Crippen LogP contribution in [0.5, 0.6) is 0 Å². The predicted octanol–water partition coefficient (Wildman–Crippen LogP) is 1.12. The molecule has 132 valence electrons. The number of aryl methyl sites for hydroxylation is 2. The van der Waals surface area contributed by atoms with E-state index in [0.717, 1.165) is 11.4 Å². The Balaban J connectivity index is 2.27. The number of hydrogen-bond acceptors (Lipinski definition) is 4. The van der Waals surface area contributed by atoms with Gasteiger partial charge in [0, 0.05) is 31.6 Å². The fourth-order valence-corrected chi connectivity index (χ4v) is 3.09. The second kappa shape index (κ2) is 6.85. The minimum Gasteiger partial charge on any atom is -0.329 e. The third-order valence-electron chi connectivity index (χ3n) is 4.26. The number of nitrogens with two attached hydrogens (primary N) is 1. The molecule has 0 radical (unpaired) electrons. The van der Waals surface area contributed by atoms with Crippen LogP contribution < -0.4 is 17.0 Å². The van der Waals surface area contributed by atoms with Gasteiger partial charge < -0.3 is 10.3 Å². The Labute approximate surface area is 149 Å². The lowest BCUT2D eigenvalue weighted by molar-refractivity contribution is 0.601. The van der Waals surface area contributed by atoms with Crippen LogP contribution >= 0.6 is 11.6 Å². The summed E-state index contributed by atoms with van der Waals surface area (Å²) in [4.78, 5) is 30.3. The molecule has 0 aliphatic rings. The normalized spacial score (nSPS) is 11.4. The second-order valence-corrected chi connectivity index (χ2v) is 6.29. The van der Waals surface area contributed by atoms with E-state index in [1.165, 1.54) is 9.13 Å². The van der Waals surface area contributed by atoms with Crippen LogP contribution in [0, 0.1) is 0 Å². The van der Waals surface area contributed by atoms with Crippen molar-refractivity contribution in [3.05, 3.63) is 61.5 Å². The lowest BCUT2D eigenvalue weighted by Gasteiger charge is -2.11. The monoisotopic (exact) mass is 361 g/mol. The molecule has 0 atom stereocenters. The number of hydrogen-bond donors (Lipinski definition) is 1. The average molecular weight is 362 g/mol. The van der Waals surface area contributed by atoms with E-state index in [1.54, 1.807) is 35.9 Å². The van der Waals surface area contributed by atoms with Crippen LogP contribution in [-0.2, 0) is 26.6 Å². The highest BCUT2D eigenvalue weighted by atomic mass is 35.5. The zero-order valence-electron chi connectivity index (χ0n) is 14.2. The Morgan fingerprint density at radius 2 is 1.84 bits per heavy atom. The highest BCUT2D eigenvalue weighted by Gasteiger charge is 2.19. The van der Waals surface area contributed by atoms with E-state index >= 15 is 0 Å². The first-order valence-corrected chi connectivity index (χ1v) is 8.49. The van der Waals surface area contributed by atoms with Crippen LogP contribution in [0.3, 0.4) is 0 Å². The molecule has 0 saturated heterocycles. The molecule has 2 heterocycles. The molecular weight excluding hydrogens is 342 g/mol. The summed E-state index contributed by atoms with van der Waals surface area (Å²) in [6.07, 6.45) is 0.665. The average Bonchev–Trinajstić information content (AvgIpc) is 2.94. The molecule has 3 rings (SSSR count). The molecule has 2 N–H and O–H groups in total. The van der Waals surface area contributed by atoms with E-state index in [9.17, 15) is 9.59 Å². The molecular formula is C17H20ClN5O2. The van der Waals surface area contributed by atoms with Gasteiger partial charge in [0.2, 0.25) is 0 Å². The summed E-state index contributed by atoms with van der Waals surface area (Å²) in [5, 5.41) is 0.603. The van der Waals surface area contributed by atoms with Crippen LogP contribution in [0.15, 0.2) is 33.9 Å². The predicted molar refractivity (Wildman–Crippen MR) is 98.2 cm³/mol. The number of fused-ring (bicyclic) bond motifs is 1. The molecule has 0 unspecified atom stereocenters. The molecule has 0 aliphatic carbocycles. The fourth-order valence-electron chi connectivity index (χ4n) is 2.97. The topological polar surface area (TPSA) is 87.8 Å². The van der Waals surface area contributed by atoms with Gasteiger partial charge in [0.25, 0.3) is 5.56 Å². The van der Waals surface area contributed by atoms with E-state index in [1.807, 2.05) is 6.92 Å². The van der Waals surface area contributed by atoms with Gasteiger partial charge in [-0.2, -0.15) is 0 Å². The summed E-state index contributed by atoms with van der Waals surface area (Å²) < 4.78 is 4.46. The largest absolute Gasteiger partial charge is 0.333 e. The number of aromatic nitrogens is 4. The Hall–Kier alpha value is -2.38. The van der Waals surface area contributed by atoms with Gasteiger partial charge in [-0.15, -0.1) is 0 Å². The maximum atomic E-state index is 13.0. The minimum atomic E-state index is -0.404. The van der Waals surface area contributed by atoms with Crippen molar-refractivity contribution in [2.75, 3.05) is 6.54 Å². The number of rotatable bonds is 5. The van der Waals surface area contributed by atoms with Crippen molar-refractivity contribution >= 4 is 22.8 Å². The van der Waals surface area contributed by atoms with Gasteiger partial charge in [-0.05, 0) is 17.7 Å². The zero-order valence-corrected chi connectivity index (χ0v) is 15.0.